The molecule has 6 nitrogen and oxygen atoms in total. The van der Waals surface area contributed by atoms with Crippen LogP contribution in [0.1, 0.15) is 25.2 Å². The molecule has 3 heterocycles. The molecule has 0 spiro atoms. The van der Waals surface area contributed by atoms with Crippen molar-refractivity contribution in [1.29, 1.82) is 0 Å². The third-order valence-electron chi connectivity index (χ3n) is 5.00. The zero-order valence-electron chi connectivity index (χ0n) is 18.0. The standard InChI is InChI=1S/C24H18F2N4O2S.Pt/c1-24(2,19-11-6-10-18(27-19)17-14-15-21(25)29-23(17)26)20-12-7-13-22(28-20)33(31,32)30-16-8-4-3-5-9-16;/h3-13,15H,1-2H3;/q-2;+2. The van der Waals surface area contributed by atoms with Gasteiger partial charge in [-0.3, -0.25) is 4.98 Å². The fourth-order valence-corrected chi connectivity index (χ4v) is 4.14. The van der Waals surface area contributed by atoms with Crippen LogP contribution < -0.4 is 0 Å². The third-order valence-corrected chi connectivity index (χ3v) is 6.21. The van der Waals surface area contributed by atoms with Gasteiger partial charge in [0.05, 0.1) is 5.69 Å². The van der Waals surface area contributed by atoms with E-state index in [0.29, 0.717) is 17.1 Å². The van der Waals surface area contributed by atoms with Crippen LogP contribution in [0.25, 0.3) is 16.0 Å². The van der Waals surface area contributed by atoms with Crippen molar-refractivity contribution in [3.8, 4) is 11.3 Å². The van der Waals surface area contributed by atoms with E-state index in [1.165, 1.54) is 6.07 Å². The van der Waals surface area contributed by atoms with Gasteiger partial charge in [-0.1, -0.05) is 60.2 Å². The van der Waals surface area contributed by atoms with Gasteiger partial charge in [0.25, 0.3) is 0 Å². The third kappa shape index (κ3) is 5.37. The minimum Gasteiger partial charge on any atom is -0.571 e. The van der Waals surface area contributed by atoms with Gasteiger partial charge in [0.15, 0.2) is 0 Å². The Hall–Kier alpha value is -3.03. The molecule has 0 fully saturated rings. The van der Waals surface area contributed by atoms with Crippen molar-refractivity contribution in [2.75, 3.05) is 0 Å². The second-order valence-corrected chi connectivity index (χ2v) is 9.24. The van der Waals surface area contributed by atoms with Crippen molar-refractivity contribution >= 4 is 15.7 Å². The van der Waals surface area contributed by atoms with E-state index in [4.69, 9.17) is 0 Å². The van der Waals surface area contributed by atoms with E-state index in [1.807, 2.05) is 13.8 Å². The fourth-order valence-electron chi connectivity index (χ4n) is 3.19. The van der Waals surface area contributed by atoms with Gasteiger partial charge in [0.1, 0.15) is 26.9 Å². The largest absolute Gasteiger partial charge is 2.00 e. The Morgan fingerprint density at radius 1 is 0.853 bits per heavy atom. The molecule has 0 atom stereocenters. The predicted molar refractivity (Wildman–Crippen MR) is 119 cm³/mol. The summed E-state index contributed by atoms with van der Waals surface area (Å²) in [5.41, 5.74) is 0.522. The molecule has 34 heavy (non-hydrogen) atoms. The Balaban J connectivity index is 0.00000324. The normalized spacial score (nSPS) is 11.5. The zero-order chi connectivity index (χ0) is 23.6. The molecule has 0 amide bonds. The number of nitrogens with zero attached hydrogens (tertiary/aromatic N) is 4. The number of sulfonamides is 1. The summed E-state index contributed by atoms with van der Waals surface area (Å²) in [4.78, 5) is 12.0. The van der Waals surface area contributed by atoms with E-state index < -0.39 is 27.3 Å². The van der Waals surface area contributed by atoms with Crippen molar-refractivity contribution in [2.24, 2.45) is 0 Å². The maximum atomic E-state index is 14.1. The molecule has 176 valence electrons. The topological polar surface area (TPSA) is 86.9 Å². The van der Waals surface area contributed by atoms with Gasteiger partial charge in [-0.15, -0.1) is 11.8 Å². The van der Waals surface area contributed by atoms with Gasteiger partial charge in [-0.25, -0.2) is 22.2 Å². The Kier molecular flexibility index (Phi) is 7.58. The molecular formula is C24H18F2N4O2PtS. The number of halogens is 2. The van der Waals surface area contributed by atoms with Crippen LogP contribution in [0, 0.1) is 18.0 Å². The molecule has 0 radical (unpaired) electrons. The second-order valence-electron chi connectivity index (χ2n) is 7.69. The molecule has 4 rings (SSSR count). The van der Waals surface area contributed by atoms with E-state index >= 15 is 0 Å². The summed E-state index contributed by atoms with van der Waals surface area (Å²) in [5.74, 6) is -2.00. The molecule has 1 aromatic carbocycles. The molecule has 0 aliphatic heterocycles. The fraction of sp³-hybridized carbons (Fsp3) is 0.125. The van der Waals surface area contributed by atoms with Crippen molar-refractivity contribution in [1.82, 2.24) is 15.0 Å². The molecule has 0 saturated carbocycles. The van der Waals surface area contributed by atoms with Crippen LogP contribution in [-0.4, -0.2) is 23.4 Å². The quantitative estimate of drug-likeness (QED) is 0.206. The van der Waals surface area contributed by atoms with E-state index in [2.05, 4.69) is 25.7 Å². The summed E-state index contributed by atoms with van der Waals surface area (Å²) in [6, 6.07) is 21.3. The summed E-state index contributed by atoms with van der Waals surface area (Å²) in [5, 5.41) is -0.199. The molecule has 0 unspecified atom stereocenters. The first-order valence-electron chi connectivity index (χ1n) is 9.89. The number of hydrogen-bond acceptors (Lipinski definition) is 5. The first-order chi connectivity index (χ1) is 15.7. The van der Waals surface area contributed by atoms with Crippen LogP contribution in [0.5, 0.6) is 0 Å². The molecular weight excluding hydrogens is 641 g/mol. The molecule has 0 bridgehead atoms. The molecule has 3 aromatic heterocycles. The van der Waals surface area contributed by atoms with Gasteiger partial charge < -0.3 is 9.71 Å². The van der Waals surface area contributed by atoms with Crippen molar-refractivity contribution in [2.45, 2.75) is 24.3 Å². The first kappa shape index (κ1) is 25.6. The summed E-state index contributed by atoms with van der Waals surface area (Å²) < 4.78 is 56.7. The van der Waals surface area contributed by atoms with Gasteiger partial charge in [0, 0.05) is 11.1 Å². The van der Waals surface area contributed by atoms with Crippen LogP contribution in [0.15, 0.2) is 77.8 Å². The Morgan fingerprint density at radius 3 is 2.18 bits per heavy atom. The summed E-state index contributed by atoms with van der Waals surface area (Å²) in [6.45, 7) is 3.63. The van der Waals surface area contributed by atoms with E-state index in [1.54, 1.807) is 60.7 Å². The van der Waals surface area contributed by atoms with Crippen LogP contribution in [0.3, 0.4) is 0 Å². The van der Waals surface area contributed by atoms with Gasteiger partial charge in [-0.05, 0) is 37.7 Å². The first-order valence-corrected chi connectivity index (χ1v) is 11.3. The van der Waals surface area contributed by atoms with Crippen LogP contribution in [0.2, 0.25) is 0 Å². The van der Waals surface area contributed by atoms with E-state index in [0.717, 1.165) is 6.07 Å². The number of hydrogen-bond donors (Lipinski definition) is 0. The number of pyridine rings is 3. The van der Waals surface area contributed by atoms with Crippen LogP contribution in [-0.2, 0) is 36.5 Å². The average molecular weight is 660 g/mol. The Bertz CT molecular complexity index is 1420. The SMILES string of the molecule is CC(C)(c1cccc(-c2[c-]cc(F)nc2F)n1)c1cccc(S(=O)(=O)[N-]c2ccccc2)n1.[Pt+2]. The minimum atomic E-state index is -4.04. The second kappa shape index (κ2) is 10.1. The average Bonchev–Trinajstić information content (AvgIpc) is 2.80. The van der Waals surface area contributed by atoms with Crippen LogP contribution in [0.4, 0.5) is 14.5 Å². The molecule has 0 aliphatic rings. The predicted octanol–water partition coefficient (Wildman–Crippen LogP) is 5.33. The van der Waals surface area contributed by atoms with Crippen molar-refractivity contribution < 1.29 is 38.3 Å². The minimum absolute atomic E-state index is 0. The Labute approximate surface area is 210 Å². The molecule has 0 saturated heterocycles. The smallest absolute Gasteiger partial charge is 0.571 e. The molecule has 0 N–H and O–H groups in total. The maximum Gasteiger partial charge on any atom is 2.00 e. The number of benzene rings is 1. The van der Waals surface area contributed by atoms with Gasteiger partial charge in [-0.2, -0.15) is 0 Å². The van der Waals surface area contributed by atoms with E-state index in [-0.39, 0.29) is 37.3 Å². The van der Waals surface area contributed by atoms with E-state index in [9.17, 15) is 17.2 Å². The zero-order valence-corrected chi connectivity index (χ0v) is 21.1. The number of rotatable bonds is 6. The molecule has 4 aromatic rings. The summed E-state index contributed by atoms with van der Waals surface area (Å²) >= 11 is 0. The molecule has 0 aliphatic carbocycles. The maximum absolute atomic E-state index is 14.1. The number of aromatic nitrogens is 3. The van der Waals surface area contributed by atoms with Gasteiger partial charge in [0.2, 0.25) is 0 Å². The Morgan fingerprint density at radius 2 is 1.50 bits per heavy atom. The van der Waals surface area contributed by atoms with Crippen molar-refractivity contribution in [3.63, 3.8) is 0 Å². The summed E-state index contributed by atoms with van der Waals surface area (Å²) in [6.07, 6.45) is 0. The van der Waals surface area contributed by atoms with Crippen LogP contribution >= 0.6 is 0 Å². The van der Waals surface area contributed by atoms with Gasteiger partial charge >= 0.3 is 21.1 Å². The monoisotopic (exact) mass is 659 g/mol. The summed E-state index contributed by atoms with van der Waals surface area (Å²) in [7, 11) is -4.04. The molecule has 10 heteroatoms. The van der Waals surface area contributed by atoms with Crippen molar-refractivity contribution in [3.05, 3.63) is 107 Å².